The Labute approximate surface area is 108 Å². The SMILES string of the molecule is CC[C@H](CN=[N+]=[N-])c1cccc(OCC2CC2)c1. The molecule has 0 heterocycles. The summed E-state index contributed by atoms with van der Waals surface area (Å²) in [6.07, 6.45) is 3.56. The molecule has 1 aliphatic carbocycles. The molecule has 4 heteroatoms. The van der Waals surface area contributed by atoms with Crippen molar-refractivity contribution in [2.24, 2.45) is 11.0 Å². The molecule has 0 N–H and O–H groups in total. The second kappa shape index (κ2) is 6.31. The largest absolute Gasteiger partial charge is 0.493 e. The first-order chi connectivity index (χ1) is 8.83. The number of ether oxygens (including phenoxy) is 1. The van der Waals surface area contributed by atoms with E-state index in [1.54, 1.807) is 0 Å². The molecule has 0 bridgehead atoms. The van der Waals surface area contributed by atoms with Gasteiger partial charge in [-0.25, -0.2) is 0 Å². The highest BCUT2D eigenvalue weighted by Gasteiger charge is 2.22. The Morgan fingerprint density at radius 2 is 2.33 bits per heavy atom. The molecule has 1 saturated carbocycles. The second-order valence-corrected chi connectivity index (χ2v) is 4.85. The average molecular weight is 245 g/mol. The molecule has 0 spiro atoms. The summed E-state index contributed by atoms with van der Waals surface area (Å²) in [4.78, 5) is 2.83. The van der Waals surface area contributed by atoms with Crippen molar-refractivity contribution in [3.05, 3.63) is 40.3 Å². The molecule has 0 aliphatic heterocycles. The van der Waals surface area contributed by atoms with E-state index in [1.165, 1.54) is 18.4 Å². The maximum atomic E-state index is 8.40. The summed E-state index contributed by atoms with van der Waals surface area (Å²) < 4.78 is 5.77. The summed E-state index contributed by atoms with van der Waals surface area (Å²) in [6, 6.07) is 8.15. The van der Waals surface area contributed by atoms with Gasteiger partial charge in [-0.3, -0.25) is 0 Å². The minimum Gasteiger partial charge on any atom is -0.493 e. The molecular formula is C14H19N3O. The lowest BCUT2D eigenvalue weighted by Crippen LogP contribution is -2.03. The topological polar surface area (TPSA) is 58.0 Å². The fourth-order valence-corrected chi connectivity index (χ4v) is 1.96. The fourth-order valence-electron chi connectivity index (χ4n) is 1.96. The molecule has 1 aromatic rings. The van der Waals surface area contributed by atoms with Gasteiger partial charge in [0.1, 0.15) is 5.75 Å². The maximum absolute atomic E-state index is 8.40. The Morgan fingerprint density at radius 1 is 1.50 bits per heavy atom. The fraction of sp³-hybridized carbons (Fsp3) is 0.571. The van der Waals surface area contributed by atoms with Crippen LogP contribution in [0, 0.1) is 5.92 Å². The van der Waals surface area contributed by atoms with Crippen molar-refractivity contribution in [2.75, 3.05) is 13.2 Å². The van der Waals surface area contributed by atoms with E-state index >= 15 is 0 Å². The Balaban J connectivity index is 2.00. The third kappa shape index (κ3) is 3.67. The van der Waals surface area contributed by atoms with E-state index in [0.29, 0.717) is 6.54 Å². The molecule has 18 heavy (non-hydrogen) atoms. The van der Waals surface area contributed by atoms with Gasteiger partial charge in [0, 0.05) is 11.5 Å². The van der Waals surface area contributed by atoms with E-state index < -0.39 is 0 Å². The minimum absolute atomic E-state index is 0.283. The average Bonchev–Trinajstić information content (AvgIpc) is 3.22. The minimum atomic E-state index is 0.283. The first kappa shape index (κ1) is 12.8. The lowest BCUT2D eigenvalue weighted by Gasteiger charge is -2.14. The summed E-state index contributed by atoms with van der Waals surface area (Å²) in [7, 11) is 0. The normalized spacial score (nSPS) is 15.8. The third-order valence-electron chi connectivity index (χ3n) is 3.37. The number of azide groups is 1. The second-order valence-electron chi connectivity index (χ2n) is 4.85. The van der Waals surface area contributed by atoms with Gasteiger partial charge in [-0.15, -0.1) is 0 Å². The highest BCUT2D eigenvalue weighted by Crippen LogP contribution is 2.30. The van der Waals surface area contributed by atoms with Crippen LogP contribution in [0.15, 0.2) is 29.4 Å². The van der Waals surface area contributed by atoms with Gasteiger partial charge in [-0.2, -0.15) is 0 Å². The Kier molecular flexibility index (Phi) is 4.48. The van der Waals surface area contributed by atoms with Crippen molar-refractivity contribution in [1.29, 1.82) is 0 Å². The van der Waals surface area contributed by atoms with Crippen LogP contribution in [-0.2, 0) is 0 Å². The van der Waals surface area contributed by atoms with Crippen LogP contribution in [0.4, 0.5) is 0 Å². The number of benzene rings is 1. The van der Waals surface area contributed by atoms with Crippen LogP contribution >= 0.6 is 0 Å². The molecule has 0 radical (unpaired) electrons. The van der Waals surface area contributed by atoms with Crippen molar-refractivity contribution in [3.8, 4) is 5.75 Å². The van der Waals surface area contributed by atoms with Gasteiger partial charge >= 0.3 is 0 Å². The third-order valence-corrected chi connectivity index (χ3v) is 3.37. The van der Waals surface area contributed by atoms with Gasteiger partial charge < -0.3 is 4.74 Å². The Bertz CT molecular complexity index is 436. The lowest BCUT2D eigenvalue weighted by molar-refractivity contribution is 0.299. The van der Waals surface area contributed by atoms with Crippen LogP contribution in [0.5, 0.6) is 5.75 Å². The zero-order valence-electron chi connectivity index (χ0n) is 10.7. The van der Waals surface area contributed by atoms with E-state index in [0.717, 1.165) is 24.7 Å². The number of nitrogens with zero attached hydrogens (tertiary/aromatic N) is 3. The van der Waals surface area contributed by atoms with Crippen LogP contribution in [-0.4, -0.2) is 13.2 Å². The van der Waals surface area contributed by atoms with Crippen LogP contribution in [0.1, 0.15) is 37.7 Å². The highest BCUT2D eigenvalue weighted by molar-refractivity contribution is 5.31. The molecule has 0 unspecified atom stereocenters. The van der Waals surface area contributed by atoms with Gasteiger partial charge in [0.15, 0.2) is 0 Å². The lowest BCUT2D eigenvalue weighted by atomic mass is 9.96. The quantitative estimate of drug-likeness (QED) is 0.402. The molecule has 0 amide bonds. The van der Waals surface area contributed by atoms with Gasteiger partial charge in [0.05, 0.1) is 6.61 Å². The Hall–Kier alpha value is -1.67. The van der Waals surface area contributed by atoms with E-state index in [4.69, 9.17) is 10.3 Å². The van der Waals surface area contributed by atoms with E-state index in [9.17, 15) is 0 Å². The monoisotopic (exact) mass is 245 g/mol. The smallest absolute Gasteiger partial charge is 0.119 e. The Morgan fingerprint density at radius 3 is 3.00 bits per heavy atom. The summed E-state index contributed by atoms with van der Waals surface area (Å²) in [6.45, 7) is 3.45. The van der Waals surface area contributed by atoms with Gasteiger partial charge in [-0.05, 0) is 54.3 Å². The summed E-state index contributed by atoms with van der Waals surface area (Å²) in [5.74, 6) is 1.97. The summed E-state index contributed by atoms with van der Waals surface area (Å²) in [5.41, 5.74) is 9.59. The maximum Gasteiger partial charge on any atom is 0.119 e. The van der Waals surface area contributed by atoms with Crippen LogP contribution in [0.25, 0.3) is 10.4 Å². The molecule has 1 aliphatic rings. The first-order valence-electron chi connectivity index (χ1n) is 6.57. The number of hydrogen-bond acceptors (Lipinski definition) is 2. The molecule has 4 nitrogen and oxygen atoms in total. The van der Waals surface area contributed by atoms with E-state index in [2.05, 4.69) is 29.1 Å². The zero-order valence-corrected chi connectivity index (χ0v) is 10.7. The molecule has 1 fully saturated rings. The van der Waals surface area contributed by atoms with Crippen molar-refractivity contribution >= 4 is 0 Å². The van der Waals surface area contributed by atoms with Gasteiger partial charge in [-0.1, -0.05) is 24.2 Å². The molecule has 0 aromatic heterocycles. The number of hydrogen-bond donors (Lipinski definition) is 0. The first-order valence-corrected chi connectivity index (χ1v) is 6.57. The van der Waals surface area contributed by atoms with Crippen molar-refractivity contribution in [1.82, 2.24) is 0 Å². The van der Waals surface area contributed by atoms with E-state index in [1.807, 2.05) is 12.1 Å². The van der Waals surface area contributed by atoms with Gasteiger partial charge in [0.2, 0.25) is 0 Å². The summed E-state index contributed by atoms with van der Waals surface area (Å²) >= 11 is 0. The molecule has 2 rings (SSSR count). The predicted octanol–water partition coefficient (Wildman–Crippen LogP) is 4.28. The van der Waals surface area contributed by atoms with Crippen molar-refractivity contribution < 1.29 is 4.74 Å². The van der Waals surface area contributed by atoms with Crippen molar-refractivity contribution in [3.63, 3.8) is 0 Å². The highest BCUT2D eigenvalue weighted by atomic mass is 16.5. The zero-order chi connectivity index (χ0) is 12.8. The van der Waals surface area contributed by atoms with E-state index in [-0.39, 0.29) is 5.92 Å². The molecular weight excluding hydrogens is 226 g/mol. The predicted molar refractivity (Wildman–Crippen MR) is 71.7 cm³/mol. The van der Waals surface area contributed by atoms with Crippen LogP contribution in [0.2, 0.25) is 0 Å². The van der Waals surface area contributed by atoms with Gasteiger partial charge in [0.25, 0.3) is 0 Å². The molecule has 96 valence electrons. The molecule has 0 saturated heterocycles. The number of rotatable bonds is 7. The standard InChI is InChI=1S/C14H19N3O/c1-2-12(9-16-17-15)13-4-3-5-14(8-13)18-10-11-6-7-11/h3-5,8,11-12H,2,6-7,9-10H2,1H3/t12-/m1/s1. The summed E-state index contributed by atoms with van der Waals surface area (Å²) in [5, 5.41) is 3.67. The molecule has 1 aromatic carbocycles. The van der Waals surface area contributed by atoms with Crippen LogP contribution in [0.3, 0.4) is 0 Å². The van der Waals surface area contributed by atoms with Crippen molar-refractivity contribution in [2.45, 2.75) is 32.1 Å². The molecule has 1 atom stereocenters. The van der Waals surface area contributed by atoms with Crippen LogP contribution < -0.4 is 4.74 Å².